The van der Waals surface area contributed by atoms with Gasteiger partial charge in [0.15, 0.2) is 0 Å². The summed E-state index contributed by atoms with van der Waals surface area (Å²) in [5.41, 5.74) is 3.27. The molecule has 150 valence electrons. The smallest absolute Gasteiger partial charge is 0.347 e. The summed E-state index contributed by atoms with van der Waals surface area (Å²) in [7, 11) is 0. The van der Waals surface area contributed by atoms with E-state index >= 15 is 0 Å². The second-order valence-corrected chi connectivity index (χ2v) is 8.18. The zero-order valence-corrected chi connectivity index (χ0v) is 17.1. The number of hydrogen-bond acceptors (Lipinski definition) is 4. The van der Waals surface area contributed by atoms with Crippen LogP contribution in [-0.4, -0.2) is 10.9 Å². The minimum atomic E-state index is -0.424. The summed E-state index contributed by atoms with van der Waals surface area (Å²) in [4.78, 5) is 29.1. The molecule has 1 amide bonds. The van der Waals surface area contributed by atoms with E-state index < -0.39 is 5.63 Å². The lowest BCUT2D eigenvalue weighted by Crippen LogP contribution is -2.14. The van der Waals surface area contributed by atoms with Crippen LogP contribution in [0.15, 0.2) is 82.0 Å². The number of nitrogens with zero attached hydrogens (tertiary/aromatic N) is 1. The Bertz CT molecular complexity index is 1270. The van der Waals surface area contributed by atoms with Crippen LogP contribution in [0.3, 0.4) is 0 Å². The highest BCUT2D eigenvalue weighted by molar-refractivity contribution is 6.04. The number of hydrogen-bond donors (Lipinski definition) is 1. The van der Waals surface area contributed by atoms with Crippen molar-refractivity contribution in [3.63, 3.8) is 0 Å². The first-order chi connectivity index (χ1) is 14.3. The number of nitrogens with one attached hydrogen (secondary N) is 1. The molecule has 5 nitrogen and oxygen atoms in total. The molecule has 0 aliphatic rings. The normalized spacial score (nSPS) is 11.4. The molecule has 0 fully saturated rings. The fraction of sp³-hybridized carbons (Fsp3) is 0.160. The highest BCUT2D eigenvalue weighted by Gasteiger charge is 2.14. The van der Waals surface area contributed by atoms with Gasteiger partial charge in [-0.15, -0.1) is 0 Å². The molecule has 0 aliphatic heterocycles. The van der Waals surface area contributed by atoms with Crippen molar-refractivity contribution in [1.82, 2.24) is 4.98 Å². The van der Waals surface area contributed by atoms with Crippen LogP contribution >= 0.6 is 0 Å². The third kappa shape index (κ3) is 4.01. The molecule has 1 N–H and O–H groups in total. The monoisotopic (exact) mass is 398 g/mol. The van der Waals surface area contributed by atoms with Gasteiger partial charge < -0.3 is 9.73 Å². The number of para-hydroxylation sites is 1. The molecule has 0 spiro atoms. The van der Waals surface area contributed by atoms with Crippen molar-refractivity contribution < 1.29 is 9.21 Å². The molecule has 1 heterocycles. The van der Waals surface area contributed by atoms with Crippen LogP contribution < -0.4 is 10.9 Å². The van der Waals surface area contributed by atoms with Crippen LogP contribution in [-0.2, 0) is 5.41 Å². The predicted molar refractivity (Wildman–Crippen MR) is 119 cm³/mol. The maximum Gasteiger partial charge on any atom is 0.347 e. The van der Waals surface area contributed by atoms with Crippen molar-refractivity contribution in [2.45, 2.75) is 26.2 Å². The lowest BCUT2D eigenvalue weighted by atomic mass is 9.87. The Labute approximate surface area is 174 Å². The molecular weight excluding hydrogens is 376 g/mol. The molecule has 0 aliphatic carbocycles. The molecule has 0 radical (unpaired) electrons. The highest BCUT2D eigenvalue weighted by atomic mass is 16.4. The van der Waals surface area contributed by atoms with Crippen LogP contribution in [0.25, 0.3) is 22.4 Å². The molecule has 1 aromatic heterocycles. The molecule has 4 rings (SSSR count). The Morgan fingerprint density at radius 2 is 1.57 bits per heavy atom. The first-order valence-electron chi connectivity index (χ1n) is 9.73. The number of aromatic nitrogens is 1. The van der Waals surface area contributed by atoms with Crippen molar-refractivity contribution in [3.8, 4) is 11.5 Å². The van der Waals surface area contributed by atoms with Crippen LogP contribution in [0, 0.1) is 0 Å². The molecule has 3 aromatic carbocycles. The van der Waals surface area contributed by atoms with E-state index in [1.54, 1.807) is 42.5 Å². The van der Waals surface area contributed by atoms with Gasteiger partial charge in [-0.2, -0.15) is 0 Å². The summed E-state index contributed by atoms with van der Waals surface area (Å²) in [6.45, 7) is 6.41. The van der Waals surface area contributed by atoms with Gasteiger partial charge in [0.05, 0.1) is 10.9 Å². The molecule has 0 bridgehead atoms. The van der Waals surface area contributed by atoms with E-state index in [4.69, 9.17) is 4.42 Å². The van der Waals surface area contributed by atoms with E-state index in [9.17, 15) is 9.59 Å². The van der Waals surface area contributed by atoms with Crippen molar-refractivity contribution in [3.05, 3.63) is 94.3 Å². The van der Waals surface area contributed by atoms with Crippen LogP contribution in [0.5, 0.6) is 0 Å². The molecular formula is C25H22N2O3. The fourth-order valence-electron chi connectivity index (χ4n) is 3.16. The second-order valence-electron chi connectivity index (χ2n) is 8.18. The third-order valence-corrected chi connectivity index (χ3v) is 4.94. The van der Waals surface area contributed by atoms with E-state index in [-0.39, 0.29) is 17.2 Å². The zero-order chi connectivity index (χ0) is 21.3. The van der Waals surface area contributed by atoms with E-state index in [0.717, 1.165) is 0 Å². The molecule has 5 heteroatoms. The van der Waals surface area contributed by atoms with E-state index in [1.807, 2.05) is 30.3 Å². The number of carbonyl (C=O) groups excluding carboxylic acids is 1. The van der Waals surface area contributed by atoms with Crippen molar-refractivity contribution in [2.24, 2.45) is 0 Å². The average Bonchev–Trinajstić information content (AvgIpc) is 2.74. The van der Waals surface area contributed by atoms with Gasteiger partial charge in [-0.3, -0.25) is 4.79 Å². The molecule has 0 atom stereocenters. The fourth-order valence-corrected chi connectivity index (χ4v) is 3.16. The Morgan fingerprint density at radius 3 is 2.23 bits per heavy atom. The predicted octanol–water partition coefficient (Wildman–Crippen LogP) is 5.40. The second kappa shape index (κ2) is 7.59. The maximum absolute atomic E-state index is 12.5. The summed E-state index contributed by atoms with van der Waals surface area (Å²) in [6.07, 6.45) is 0. The van der Waals surface area contributed by atoms with Gasteiger partial charge in [-0.25, -0.2) is 9.78 Å². The third-order valence-electron chi connectivity index (χ3n) is 4.94. The topological polar surface area (TPSA) is 72.2 Å². The first-order valence-corrected chi connectivity index (χ1v) is 9.73. The largest absolute Gasteiger partial charge is 0.403 e. The zero-order valence-electron chi connectivity index (χ0n) is 17.1. The molecule has 0 saturated carbocycles. The maximum atomic E-state index is 12.5. The summed E-state index contributed by atoms with van der Waals surface area (Å²) >= 11 is 0. The van der Waals surface area contributed by atoms with Gasteiger partial charge in [-0.05, 0) is 59.5 Å². The quantitative estimate of drug-likeness (QED) is 0.501. The van der Waals surface area contributed by atoms with Gasteiger partial charge in [-0.1, -0.05) is 45.0 Å². The number of fused-ring (bicyclic) bond motifs is 1. The van der Waals surface area contributed by atoms with Crippen LogP contribution in [0.4, 0.5) is 5.69 Å². The molecule has 4 aromatic rings. The lowest BCUT2D eigenvalue weighted by molar-refractivity contribution is 0.102. The number of benzene rings is 3. The number of rotatable bonds is 3. The summed E-state index contributed by atoms with van der Waals surface area (Å²) in [6, 6.07) is 21.7. The Balaban J connectivity index is 1.53. The Hall–Kier alpha value is -3.73. The SMILES string of the molecule is CC(C)(C)c1ccc(C(=O)Nc2ccc(-c3nc4ccccc4c(=O)o3)cc2)cc1. The van der Waals surface area contributed by atoms with Crippen LogP contribution in [0.1, 0.15) is 36.7 Å². The number of anilines is 1. The highest BCUT2D eigenvalue weighted by Crippen LogP contribution is 2.23. The van der Waals surface area contributed by atoms with E-state index in [1.165, 1.54) is 5.56 Å². The lowest BCUT2D eigenvalue weighted by Gasteiger charge is -2.19. The molecule has 0 unspecified atom stereocenters. The van der Waals surface area contributed by atoms with Gasteiger partial charge >= 0.3 is 5.63 Å². The van der Waals surface area contributed by atoms with Gasteiger partial charge in [0, 0.05) is 16.8 Å². The number of amides is 1. The first kappa shape index (κ1) is 19.6. The van der Waals surface area contributed by atoms with Gasteiger partial charge in [0.25, 0.3) is 5.91 Å². The van der Waals surface area contributed by atoms with E-state index in [2.05, 4.69) is 31.1 Å². The van der Waals surface area contributed by atoms with Crippen molar-refractivity contribution >= 4 is 22.5 Å². The van der Waals surface area contributed by atoms with Crippen molar-refractivity contribution in [2.75, 3.05) is 5.32 Å². The summed E-state index contributed by atoms with van der Waals surface area (Å²) in [5, 5.41) is 3.33. The summed E-state index contributed by atoms with van der Waals surface area (Å²) < 4.78 is 5.35. The Morgan fingerprint density at radius 1 is 0.900 bits per heavy atom. The number of carbonyl (C=O) groups is 1. The molecule has 30 heavy (non-hydrogen) atoms. The average molecular weight is 398 g/mol. The molecule has 0 saturated heterocycles. The minimum Gasteiger partial charge on any atom is -0.403 e. The van der Waals surface area contributed by atoms with Crippen molar-refractivity contribution in [1.29, 1.82) is 0 Å². The van der Waals surface area contributed by atoms with E-state index in [0.29, 0.717) is 27.7 Å². The van der Waals surface area contributed by atoms with Gasteiger partial charge in [0.1, 0.15) is 0 Å². The minimum absolute atomic E-state index is 0.0383. The Kier molecular flexibility index (Phi) is 4.96. The standard InChI is InChI=1S/C25H22N2O3/c1-25(2,3)18-12-8-16(9-13-18)22(28)26-19-14-10-17(11-15-19)23-27-21-7-5-4-6-20(21)24(29)30-23/h4-15H,1-3H3,(H,26,28). The van der Waals surface area contributed by atoms with Gasteiger partial charge in [0.2, 0.25) is 5.89 Å². The summed E-state index contributed by atoms with van der Waals surface area (Å²) in [5.74, 6) is 0.0629. The van der Waals surface area contributed by atoms with Crippen LogP contribution in [0.2, 0.25) is 0 Å².